The molecule has 0 radical (unpaired) electrons. The SMILES string of the molecule is CC(=O)C1(F)CCN(Cc2cc(C)nc(NC(=O)OC(C)(C)C)c2)CC1.Cc1cc(C=O)cc(NC(=O)OC(C)(C)C)n1. The number of carbonyl (C=O) groups is 4. The third kappa shape index (κ3) is 12.9. The summed E-state index contributed by atoms with van der Waals surface area (Å²) in [5.74, 6) is 0.344. The van der Waals surface area contributed by atoms with Gasteiger partial charge in [-0.3, -0.25) is 25.1 Å². The van der Waals surface area contributed by atoms with Crippen LogP contribution in [0.15, 0.2) is 24.3 Å². The highest BCUT2D eigenvalue weighted by Crippen LogP contribution is 2.28. The predicted octanol–water partition coefficient (Wildman–Crippen LogP) is 6.18. The normalized spacial score (nSPS) is 14.9. The minimum Gasteiger partial charge on any atom is -0.444 e. The highest BCUT2D eigenvalue weighted by Gasteiger charge is 2.38. The Morgan fingerprint density at radius 3 is 1.79 bits per heavy atom. The minimum absolute atomic E-state index is 0.218. The van der Waals surface area contributed by atoms with E-state index in [0.717, 1.165) is 11.3 Å². The Labute approximate surface area is 252 Å². The highest BCUT2D eigenvalue weighted by molar-refractivity contribution is 5.86. The molecule has 0 saturated carbocycles. The number of nitrogens with one attached hydrogen (secondary N) is 2. The number of anilines is 2. The number of piperidine rings is 1. The maximum Gasteiger partial charge on any atom is 0.413 e. The second-order valence-corrected chi connectivity index (χ2v) is 12.6. The largest absolute Gasteiger partial charge is 0.444 e. The molecule has 1 saturated heterocycles. The fraction of sp³-hybridized carbons (Fsp3) is 0.548. The van der Waals surface area contributed by atoms with Crippen molar-refractivity contribution in [2.75, 3.05) is 23.7 Å². The number of likely N-dealkylation sites (tertiary alicyclic amines) is 1. The van der Waals surface area contributed by atoms with Crippen LogP contribution in [0.2, 0.25) is 0 Å². The van der Waals surface area contributed by atoms with Gasteiger partial charge in [-0.15, -0.1) is 0 Å². The van der Waals surface area contributed by atoms with Gasteiger partial charge in [0.2, 0.25) is 0 Å². The Kier molecular flexibility index (Phi) is 11.9. The van der Waals surface area contributed by atoms with Gasteiger partial charge < -0.3 is 9.47 Å². The summed E-state index contributed by atoms with van der Waals surface area (Å²) in [6.07, 6.45) is -0.00425. The van der Waals surface area contributed by atoms with Gasteiger partial charge in [0, 0.05) is 49.4 Å². The molecule has 0 atom stereocenters. The van der Waals surface area contributed by atoms with Gasteiger partial charge in [0.1, 0.15) is 29.1 Å². The summed E-state index contributed by atoms with van der Waals surface area (Å²) in [5.41, 5.74) is 0.0198. The molecule has 11 nitrogen and oxygen atoms in total. The van der Waals surface area contributed by atoms with Crippen LogP contribution in [-0.4, -0.2) is 69.1 Å². The number of amides is 2. The highest BCUT2D eigenvalue weighted by atomic mass is 19.1. The van der Waals surface area contributed by atoms with Crippen LogP contribution in [0, 0.1) is 13.8 Å². The van der Waals surface area contributed by atoms with E-state index >= 15 is 0 Å². The average molecular weight is 602 g/mol. The Morgan fingerprint density at radius 2 is 1.35 bits per heavy atom. The van der Waals surface area contributed by atoms with E-state index < -0.39 is 29.1 Å². The van der Waals surface area contributed by atoms with E-state index in [1.807, 2.05) is 13.0 Å². The molecule has 3 heterocycles. The molecule has 12 heteroatoms. The Bertz CT molecular complexity index is 1310. The van der Waals surface area contributed by atoms with Gasteiger partial charge in [-0.1, -0.05) is 0 Å². The van der Waals surface area contributed by atoms with Gasteiger partial charge in [0.25, 0.3) is 0 Å². The topological polar surface area (TPSA) is 140 Å². The number of hydrogen-bond donors (Lipinski definition) is 2. The van der Waals surface area contributed by atoms with Crippen LogP contribution >= 0.6 is 0 Å². The first-order valence-electron chi connectivity index (χ1n) is 14.1. The van der Waals surface area contributed by atoms with Crippen molar-refractivity contribution in [3.05, 3.63) is 46.8 Å². The lowest BCUT2D eigenvalue weighted by Gasteiger charge is -2.34. The summed E-state index contributed by atoms with van der Waals surface area (Å²) >= 11 is 0. The second-order valence-electron chi connectivity index (χ2n) is 12.6. The Morgan fingerprint density at radius 1 is 0.884 bits per heavy atom. The number of ether oxygens (including phenoxy) is 2. The molecule has 3 rings (SSSR count). The number of rotatable bonds is 6. The standard InChI is InChI=1S/C19H28FN3O3.C12H16N2O3/c1-13-10-15(11-16(21-13)22-17(25)26-18(3,4)5)12-23-8-6-19(20,7-9-23)14(2)24;1-8-5-9(7-15)6-10(13-8)14-11(16)17-12(2,3)4/h10-11H,6-9,12H2,1-5H3,(H,21,22,25);5-7H,1-4H3,(H,13,14,16). The van der Waals surface area contributed by atoms with Crippen molar-refractivity contribution in [2.24, 2.45) is 0 Å². The molecule has 1 aliphatic heterocycles. The molecule has 1 fully saturated rings. The van der Waals surface area contributed by atoms with Crippen LogP contribution in [0.1, 0.15) is 88.6 Å². The number of Topliss-reactive ketones (excluding diaryl/α,β-unsaturated/α-hetero) is 1. The summed E-state index contributed by atoms with van der Waals surface area (Å²) in [6.45, 7) is 17.3. The lowest BCUT2D eigenvalue weighted by Crippen LogP contribution is -2.45. The molecule has 2 aromatic rings. The van der Waals surface area contributed by atoms with Crippen molar-refractivity contribution in [2.45, 2.75) is 98.6 Å². The van der Waals surface area contributed by atoms with E-state index in [0.29, 0.717) is 48.8 Å². The quantitative estimate of drug-likeness (QED) is 0.372. The van der Waals surface area contributed by atoms with Crippen molar-refractivity contribution < 1.29 is 33.0 Å². The number of pyridine rings is 2. The average Bonchev–Trinajstić information content (AvgIpc) is 2.82. The minimum atomic E-state index is -1.69. The smallest absolute Gasteiger partial charge is 0.413 e. The summed E-state index contributed by atoms with van der Waals surface area (Å²) in [6, 6.07) is 6.85. The molecule has 0 aromatic carbocycles. The van der Waals surface area contributed by atoms with E-state index in [1.54, 1.807) is 60.6 Å². The fourth-order valence-corrected chi connectivity index (χ4v) is 4.22. The third-order valence-electron chi connectivity index (χ3n) is 6.07. The number of halogens is 1. The van der Waals surface area contributed by atoms with Crippen molar-refractivity contribution in [1.82, 2.24) is 14.9 Å². The molecule has 0 unspecified atom stereocenters. The van der Waals surface area contributed by atoms with Gasteiger partial charge in [-0.25, -0.2) is 23.9 Å². The number of aryl methyl sites for hydroxylation is 2. The molecule has 43 heavy (non-hydrogen) atoms. The zero-order valence-corrected chi connectivity index (χ0v) is 26.6. The van der Waals surface area contributed by atoms with Crippen molar-refractivity contribution in [3.8, 4) is 0 Å². The predicted molar refractivity (Wildman–Crippen MR) is 162 cm³/mol. The zero-order chi connectivity index (χ0) is 32.6. The number of carbonyl (C=O) groups excluding carboxylic acids is 4. The van der Waals surface area contributed by atoms with E-state index in [1.165, 1.54) is 13.0 Å². The van der Waals surface area contributed by atoms with E-state index in [-0.39, 0.29) is 18.6 Å². The summed E-state index contributed by atoms with van der Waals surface area (Å²) in [5, 5.41) is 5.13. The van der Waals surface area contributed by atoms with Gasteiger partial charge in [-0.05, 0) is 92.1 Å². The van der Waals surface area contributed by atoms with Crippen LogP contribution < -0.4 is 10.6 Å². The molecule has 1 aliphatic rings. The van der Waals surface area contributed by atoms with E-state index in [2.05, 4.69) is 25.5 Å². The van der Waals surface area contributed by atoms with Gasteiger partial charge in [0.15, 0.2) is 11.5 Å². The maximum atomic E-state index is 14.4. The van der Waals surface area contributed by atoms with Crippen LogP contribution in [0.4, 0.5) is 25.6 Å². The molecule has 0 bridgehead atoms. The van der Waals surface area contributed by atoms with Crippen LogP contribution in [0.3, 0.4) is 0 Å². The number of aldehydes is 1. The Hall–Kier alpha value is -3.93. The number of hydrogen-bond acceptors (Lipinski definition) is 9. The van der Waals surface area contributed by atoms with Gasteiger partial charge in [-0.2, -0.15) is 0 Å². The maximum absolute atomic E-state index is 14.4. The van der Waals surface area contributed by atoms with Crippen molar-refractivity contribution >= 4 is 35.9 Å². The lowest BCUT2D eigenvalue weighted by atomic mass is 9.89. The number of alkyl halides is 1. The third-order valence-corrected chi connectivity index (χ3v) is 6.07. The lowest BCUT2D eigenvalue weighted by molar-refractivity contribution is -0.131. The van der Waals surface area contributed by atoms with Crippen molar-refractivity contribution in [1.29, 1.82) is 0 Å². The zero-order valence-electron chi connectivity index (χ0n) is 26.6. The van der Waals surface area contributed by atoms with E-state index in [4.69, 9.17) is 9.47 Å². The molecule has 2 amide bonds. The van der Waals surface area contributed by atoms with Crippen molar-refractivity contribution in [3.63, 3.8) is 0 Å². The van der Waals surface area contributed by atoms with Crippen LogP contribution in [0.5, 0.6) is 0 Å². The molecular weight excluding hydrogens is 557 g/mol. The number of aromatic nitrogens is 2. The molecule has 236 valence electrons. The molecule has 0 spiro atoms. The second kappa shape index (κ2) is 14.5. The monoisotopic (exact) mass is 601 g/mol. The molecular formula is C31H44FN5O6. The summed E-state index contributed by atoms with van der Waals surface area (Å²) < 4.78 is 24.7. The first-order valence-corrected chi connectivity index (χ1v) is 14.1. The number of ketones is 1. The number of nitrogens with zero attached hydrogens (tertiary/aromatic N) is 3. The van der Waals surface area contributed by atoms with Gasteiger partial charge in [0.05, 0.1) is 0 Å². The first-order chi connectivity index (χ1) is 19.8. The van der Waals surface area contributed by atoms with Gasteiger partial charge >= 0.3 is 12.2 Å². The Balaban J connectivity index is 0.000000329. The van der Waals surface area contributed by atoms with E-state index in [9.17, 15) is 23.6 Å². The molecule has 0 aliphatic carbocycles. The molecule has 2 N–H and O–H groups in total. The van der Waals surface area contributed by atoms with Crippen LogP contribution in [0.25, 0.3) is 0 Å². The summed E-state index contributed by atoms with van der Waals surface area (Å²) in [4.78, 5) is 56.0. The van der Waals surface area contributed by atoms with Crippen LogP contribution in [-0.2, 0) is 20.8 Å². The molecule has 2 aromatic heterocycles. The fourth-order valence-electron chi connectivity index (χ4n) is 4.22. The first kappa shape index (κ1) is 35.3. The summed E-state index contributed by atoms with van der Waals surface area (Å²) in [7, 11) is 0.